The van der Waals surface area contributed by atoms with Crippen LogP contribution in [0.15, 0.2) is 59.5 Å². The Morgan fingerprint density at radius 1 is 1.05 bits per heavy atom. The van der Waals surface area contributed by atoms with Crippen LogP contribution in [0.5, 0.6) is 5.75 Å². The Balaban J connectivity index is 2.10. The van der Waals surface area contributed by atoms with Gasteiger partial charge in [-0.15, -0.1) is 0 Å². The van der Waals surface area contributed by atoms with Crippen molar-refractivity contribution in [3.63, 3.8) is 0 Å². The maximum atomic E-state index is 12.4. The Morgan fingerprint density at radius 3 is 2.23 bits per heavy atom. The molecule has 2 aromatic rings. The van der Waals surface area contributed by atoms with Crippen LogP contribution in [0, 0.1) is 0 Å². The highest BCUT2D eigenvalue weighted by Crippen LogP contribution is 2.19. The van der Waals surface area contributed by atoms with Gasteiger partial charge in [-0.3, -0.25) is 0 Å². The number of rotatable bonds is 7. The highest BCUT2D eigenvalue weighted by atomic mass is 32.2. The van der Waals surface area contributed by atoms with Crippen molar-refractivity contribution in [3.8, 4) is 5.75 Å². The molecule has 0 saturated carbocycles. The zero-order chi connectivity index (χ0) is 16.0. The fourth-order valence-corrected chi connectivity index (χ4v) is 3.64. The fraction of sp³-hybridized carbons (Fsp3) is 0.235. The average molecular weight is 318 g/mol. The van der Waals surface area contributed by atoms with Gasteiger partial charge in [0.2, 0.25) is 0 Å². The summed E-state index contributed by atoms with van der Waals surface area (Å²) >= 11 is 0. The van der Waals surface area contributed by atoms with Gasteiger partial charge >= 0.3 is 0 Å². The van der Waals surface area contributed by atoms with Crippen molar-refractivity contribution in [2.75, 3.05) is 7.11 Å². The van der Waals surface area contributed by atoms with Gasteiger partial charge < -0.3 is 9.53 Å². The van der Waals surface area contributed by atoms with E-state index in [4.69, 9.17) is 4.74 Å². The molecule has 1 unspecified atom stereocenters. The molecule has 5 heteroatoms. The highest BCUT2D eigenvalue weighted by Gasteiger charge is 2.26. The van der Waals surface area contributed by atoms with Crippen LogP contribution in [0.4, 0.5) is 0 Å². The SMILES string of the molecule is COc1ccc(CCC(C=O)S(=O)(=O)c2ccccc2)cc1. The standard InChI is InChI=1S/C17H18O4S/c1-21-15-10-7-14(8-11-15)9-12-17(13-18)22(19,20)16-5-3-2-4-6-16/h2-8,10-11,13,17H,9,12H2,1H3. The average Bonchev–Trinajstić information content (AvgIpc) is 2.56. The summed E-state index contributed by atoms with van der Waals surface area (Å²) in [6.07, 6.45) is 1.29. The third kappa shape index (κ3) is 3.74. The number of benzene rings is 2. The van der Waals surface area contributed by atoms with Crippen molar-refractivity contribution in [1.29, 1.82) is 0 Å². The molecule has 0 N–H and O–H groups in total. The number of methoxy groups -OCH3 is 1. The lowest BCUT2D eigenvalue weighted by Crippen LogP contribution is -2.23. The van der Waals surface area contributed by atoms with Gasteiger partial charge in [0.25, 0.3) is 0 Å². The van der Waals surface area contributed by atoms with E-state index in [1.807, 2.05) is 24.3 Å². The van der Waals surface area contributed by atoms with Crippen molar-refractivity contribution in [1.82, 2.24) is 0 Å². The van der Waals surface area contributed by atoms with Crippen molar-refractivity contribution in [2.24, 2.45) is 0 Å². The number of aldehydes is 1. The second-order valence-corrected chi connectivity index (χ2v) is 7.09. The minimum absolute atomic E-state index is 0.182. The summed E-state index contributed by atoms with van der Waals surface area (Å²) in [5.74, 6) is 0.743. The van der Waals surface area contributed by atoms with Crippen LogP contribution in [0.2, 0.25) is 0 Å². The second kappa shape index (κ2) is 7.22. The third-order valence-electron chi connectivity index (χ3n) is 3.50. The van der Waals surface area contributed by atoms with Gasteiger partial charge in [-0.1, -0.05) is 30.3 Å². The lowest BCUT2D eigenvalue weighted by molar-refractivity contribution is -0.107. The van der Waals surface area contributed by atoms with Crippen LogP contribution in [-0.2, 0) is 21.1 Å². The van der Waals surface area contributed by atoms with E-state index in [-0.39, 0.29) is 11.3 Å². The molecular weight excluding hydrogens is 300 g/mol. The van der Waals surface area contributed by atoms with E-state index < -0.39 is 15.1 Å². The molecule has 0 bridgehead atoms. The van der Waals surface area contributed by atoms with Gasteiger partial charge in [-0.2, -0.15) is 0 Å². The predicted molar refractivity (Wildman–Crippen MR) is 84.8 cm³/mol. The summed E-state index contributed by atoms with van der Waals surface area (Å²) in [6.45, 7) is 0. The van der Waals surface area contributed by atoms with Crippen LogP contribution in [-0.4, -0.2) is 27.1 Å². The number of aryl methyl sites for hydroxylation is 1. The Hall–Kier alpha value is -2.14. The molecule has 0 aliphatic rings. The second-order valence-electron chi connectivity index (χ2n) is 4.92. The van der Waals surface area contributed by atoms with Gasteiger partial charge in [-0.25, -0.2) is 8.42 Å². The number of carbonyl (C=O) groups excluding carboxylic acids is 1. The summed E-state index contributed by atoms with van der Waals surface area (Å²) in [5.41, 5.74) is 0.968. The minimum Gasteiger partial charge on any atom is -0.497 e. The quantitative estimate of drug-likeness (QED) is 0.736. The molecule has 0 saturated heterocycles. The van der Waals surface area contributed by atoms with Gasteiger partial charge in [-0.05, 0) is 42.7 Å². The van der Waals surface area contributed by atoms with E-state index >= 15 is 0 Å². The van der Waals surface area contributed by atoms with E-state index in [2.05, 4.69) is 0 Å². The first-order valence-corrected chi connectivity index (χ1v) is 8.49. The van der Waals surface area contributed by atoms with Crippen LogP contribution in [0.1, 0.15) is 12.0 Å². The van der Waals surface area contributed by atoms with Gasteiger partial charge in [0, 0.05) is 0 Å². The molecule has 4 nitrogen and oxygen atoms in total. The fourth-order valence-electron chi connectivity index (χ4n) is 2.18. The van der Waals surface area contributed by atoms with E-state index in [0.717, 1.165) is 11.3 Å². The number of hydrogen-bond donors (Lipinski definition) is 0. The molecule has 0 aromatic heterocycles. The van der Waals surface area contributed by atoms with Crippen LogP contribution < -0.4 is 4.74 Å². The largest absolute Gasteiger partial charge is 0.497 e. The molecule has 2 rings (SSSR count). The topological polar surface area (TPSA) is 60.4 Å². The van der Waals surface area contributed by atoms with Crippen molar-refractivity contribution in [2.45, 2.75) is 23.0 Å². The Labute approximate surface area is 130 Å². The molecule has 116 valence electrons. The zero-order valence-corrected chi connectivity index (χ0v) is 13.1. The highest BCUT2D eigenvalue weighted by molar-refractivity contribution is 7.92. The normalized spacial score (nSPS) is 12.6. The first-order valence-electron chi connectivity index (χ1n) is 6.95. The molecule has 0 heterocycles. The number of carbonyl (C=O) groups is 1. The first kappa shape index (κ1) is 16.2. The lowest BCUT2D eigenvalue weighted by atomic mass is 10.1. The Morgan fingerprint density at radius 2 is 1.68 bits per heavy atom. The van der Waals surface area contributed by atoms with Gasteiger partial charge in [0.05, 0.1) is 12.0 Å². The van der Waals surface area contributed by atoms with E-state index in [1.165, 1.54) is 12.1 Å². The first-order chi connectivity index (χ1) is 10.6. The maximum absolute atomic E-state index is 12.4. The number of hydrogen-bond acceptors (Lipinski definition) is 4. The smallest absolute Gasteiger partial charge is 0.188 e. The zero-order valence-electron chi connectivity index (χ0n) is 12.3. The molecule has 0 aliphatic heterocycles. The number of ether oxygens (including phenoxy) is 1. The molecule has 0 spiro atoms. The van der Waals surface area contributed by atoms with E-state index in [9.17, 15) is 13.2 Å². The molecule has 22 heavy (non-hydrogen) atoms. The lowest BCUT2D eigenvalue weighted by Gasteiger charge is -2.12. The summed E-state index contributed by atoms with van der Waals surface area (Å²) in [6, 6.07) is 15.4. The molecular formula is C17H18O4S. The molecule has 0 radical (unpaired) electrons. The third-order valence-corrected chi connectivity index (χ3v) is 5.57. The van der Waals surface area contributed by atoms with Crippen LogP contribution >= 0.6 is 0 Å². The summed E-state index contributed by atoms with van der Waals surface area (Å²) < 4.78 is 29.9. The van der Waals surface area contributed by atoms with Crippen LogP contribution in [0.25, 0.3) is 0 Å². The van der Waals surface area contributed by atoms with Crippen molar-refractivity contribution >= 4 is 16.1 Å². The summed E-state index contributed by atoms with van der Waals surface area (Å²) in [5, 5.41) is -1.03. The minimum atomic E-state index is -3.63. The van der Waals surface area contributed by atoms with Crippen LogP contribution in [0.3, 0.4) is 0 Å². The van der Waals surface area contributed by atoms with Crippen molar-refractivity contribution in [3.05, 3.63) is 60.2 Å². The Bertz CT molecular complexity index is 706. The molecule has 0 aliphatic carbocycles. The molecule has 1 atom stereocenters. The van der Waals surface area contributed by atoms with Gasteiger partial charge in [0.15, 0.2) is 9.84 Å². The summed E-state index contributed by atoms with van der Waals surface area (Å²) in [7, 11) is -2.04. The maximum Gasteiger partial charge on any atom is 0.188 e. The van der Waals surface area contributed by atoms with E-state index in [0.29, 0.717) is 12.7 Å². The molecule has 0 amide bonds. The Kier molecular flexibility index (Phi) is 5.33. The molecule has 0 fully saturated rings. The van der Waals surface area contributed by atoms with Crippen molar-refractivity contribution < 1.29 is 17.9 Å². The molecule has 2 aromatic carbocycles. The van der Waals surface area contributed by atoms with Gasteiger partial charge in [0.1, 0.15) is 17.3 Å². The number of sulfone groups is 1. The monoisotopic (exact) mass is 318 g/mol. The predicted octanol–water partition coefficient (Wildman–Crippen LogP) is 2.67. The summed E-state index contributed by atoms with van der Waals surface area (Å²) in [4.78, 5) is 11.4. The van der Waals surface area contributed by atoms with E-state index in [1.54, 1.807) is 25.3 Å².